The van der Waals surface area contributed by atoms with E-state index in [1.807, 2.05) is 24.5 Å². The second-order valence-corrected chi connectivity index (χ2v) is 5.55. The number of nitrogens with one attached hydrogen (secondary N) is 1. The molecule has 1 aromatic heterocycles. The number of rotatable bonds is 4. The van der Waals surface area contributed by atoms with Crippen LogP contribution < -0.4 is 5.32 Å². The summed E-state index contributed by atoms with van der Waals surface area (Å²) in [5.41, 5.74) is 2.47. The van der Waals surface area contributed by atoms with Gasteiger partial charge in [0.15, 0.2) is 0 Å². The number of aliphatic hydroxyl groups is 1. The largest absolute Gasteiger partial charge is 0.513 e. The van der Waals surface area contributed by atoms with Gasteiger partial charge in [0.05, 0.1) is 5.76 Å². The molecule has 0 amide bonds. The van der Waals surface area contributed by atoms with Crippen molar-refractivity contribution in [1.82, 2.24) is 10.3 Å². The SMILES string of the molecule is C=C(O)CC1CCC2NC(Cc3ccncc3)=CB2O1. The second kappa shape index (κ2) is 5.71. The van der Waals surface area contributed by atoms with Gasteiger partial charge in [0.1, 0.15) is 0 Å². The van der Waals surface area contributed by atoms with Gasteiger partial charge in [-0.3, -0.25) is 4.98 Å². The van der Waals surface area contributed by atoms with E-state index in [1.54, 1.807) is 0 Å². The summed E-state index contributed by atoms with van der Waals surface area (Å²) < 4.78 is 6.02. The first-order valence-electron chi connectivity index (χ1n) is 7.09. The summed E-state index contributed by atoms with van der Waals surface area (Å²) in [6, 6.07) is 4.06. The zero-order chi connectivity index (χ0) is 13.9. The molecule has 0 aliphatic carbocycles. The Morgan fingerprint density at radius 1 is 1.45 bits per heavy atom. The van der Waals surface area contributed by atoms with Crippen molar-refractivity contribution in [2.75, 3.05) is 0 Å². The zero-order valence-electron chi connectivity index (χ0n) is 11.5. The van der Waals surface area contributed by atoms with E-state index in [2.05, 4.69) is 22.9 Å². The summed E-state index contributed by atoms with van der Waals surface area (Å²) in [7, 11) is 0. The van der Waals surface area contributed by atoms with Crippen molar-refractivity contribution in [3.63, 3.8) is 0 Å². The standard InChI is InChI=1S/C15H19BN2O2/c1-11(19)8-14-2-3-15-16(20-14)10-13(18-15)9-12-4-6-17-7-5-12/h4-7,10,14-15,18-19H,1-3,8-9H2. The number of pyridine rings is 1. The Balaban J connectivity index is 1.62. The first-order valence-corrected chi connectivity index (χ1v) is 7.09. The van der Waals surface area contributed by atoms with Gasteiger partial charge in [-0.25, -0.2) is 0 Å². The molecule has 2 N–H and O–H groups in total. The van der Waals surface area contributed by atoms with Crippen molar-refractivity contribution in [2.24, 2.45) is 0 Å². The van der Waals surface area contributed by atoms with Crippen LogP contribution in [0.15, 0.2) is 48.5 Å². The van der Waals surface area contributed by atoms with E-state index < -0.39 is 0 Å². The molecule has 0 radical (unpaired) electrons. The maximum absolute atomic E-state index is 9.28. The van der Waals surface area contributed by atoms with Crippen molar-refractivity contribution >= 4 is 6.92 Å². The van der Waals surface area contributed by atoms with Gasteiger partial charge < -0.3 is 15.1 Å². The highest BCUT2D eigenvalue weighted by Gasteiger charge is 2.38. The molecule has 4 nitrogen and oxygen atoms in total. The first kappa shape index (κ1) is 13.2. The summed E-state index contributed by atoms with van der Waals surface area (Å²) in [4.78, 5) is 4.03. The number of aromatic nitrogens is 1. The quantitative estimate of drug-likeness (QED) is 0.650. The molecule has 2 unspecified atom stereocenters. The van der Waals surface area contributed by atoms with E-state index in [-0.39, 0.29) is 18.8 Å². The molecule has 0 saturated carbocycles. The van der Waals surface area contributed by atoms with Crippen molar-refractivity contribution in [2.45, 2.75) is 37.7 Å². The summed E-state index contributed by atoms with van der Waals surface area (Å²) in [6.07, 6.45) is 7.18. The van der Waals surface area contributed by atoms with Crippen LogP contribution in [-0.2, 0) is 11.1 Å². The second-order valence-electron chi connectivity index (χ2n) is 5.55. The molecule has 104 valence electrons. The maximum Gasteiger partial charge on any atom is 0.344 e. The topological polar surface area (TPSA) is 54.4 Å². The van der Waals surface area contributed by atoms with Gasteiger partial charge in [0.2, 0.25) is 0 Å². The van der Waals surface area contributed by atoms with Gasteiger partial charge in [-0.1, -0.05) is 12.6 Å². The summed E-state index contributed by atoms with van der Waals surface area (Å²) >= 11 is 0. The number of aliphatic hydroxyl groups excluding tert-OH is 1. The van der Waals surface area contributed by atoms with Crippen LogP contribution in [-0.4, -0.2) is 29.1 Å². The third-order valence-corrected chi connectivity index (χ3v) is 3.89. The Morgan fingerprint density at radius 2 is 2.25 bits per heavy atom. The minimum absolute atomic E-state index is 0.0899. The Labute approximate surface area is 119 Å². The minimum atomic E-state index is 0.0899. The van der Waals surface area contributed by atoms with Gasteiger partial charge in [-0.05, 0) is 30.5 Å². The average Bonchev–Trinajstić information content (AvgIpc) is 2.80. The Bertz CT molecular complexity index is 518. The van der Waals surface area contributed by atoms with E-state index in [9.17, 15) is 5.11 Å². The number of fused-ring (bicyclic) bond motifs is 1. The maximum atomic E-state index is 9.28. The average molecular weight is 270 g/mol. The lowest BCUT2D eigenvalue weighted by molar-refractivity contribution is 0.148. The highest BCUT2D eigenvalue weighted by Crippen LogP contribution is 2.27. The molecular formula is C15H19BN2O2. The third-order valence-electron chi connectivity index (χ3n) is 3.89. The number of allylic oxidation sites excluding steroid dienone is 1. The summed E-state index contributed by atoms with van der Waals surface area (Å²) in [6.45, 7) is 3.66. The molecule has 20 heavy (non-hydrogen) atoms. The number of hydrogen-bond acceptors (Lipinski definition) is 4. The van der Waals surface area contributed by atoms with Crippen molar-refractivity contribution in [3.8, 4) is 0 Å². The van der Waals surface area contributed by atoms with Crippen molar-refractivity contribution in [3.05, 3.63) is 54.1 Å². The number of nitrogens with zero attached hydrogens (tertiary/aromatic N) is 1. The Kier molecular flexibility index (Phi) is 3.78. The van der Waals surface area contributed by atoms with Crippen LogP contribution >= 0.6 is 0 Å². The van der Waals surface area contributed by atoms with Gasteiger partial charge in [-0.15, -0.1) is 0 Å². The lowest BCUT2D eigenvalue weighted by Gasteiger charge is -2.30. The van der Waals surface area contributed by atoms with Gasteiger partial charge in [-0.2, -0.15) is 0 Å². The Hall–Kier alpha value is -1.75. The normalized spacial score (nSPS) is 24.8. The lowest BCUT2D eigenvalue weighted by Crippen LogP contribution is -2.45. The van der Waals surface area contributed by atoms with E-state index >= 15 is 0 Å². The van der Waals surface area contributed by atoms with Crippen LogP contribution in [0.2, 0.25) is 0 Å². The molecule has 0 bridgehead atoms. The van der Waals surface area contributed by atoms with Crippen LogP contribution in [0.4, 0.5) is 0 Å². The van der Waals surface area contributed by atoms with Crippen molar-refractivity contribution in [1.29, 1.82) is 0 Å². The van der Waals surface area contributed by atoms with Crippen LogP contribution in [0.5, 0.6) is 0 Å². The molecule has 1 saturated heterocycles. The molecule has 1 fully saturated rings. The van der Waals surface area contributed by atoms with Gasteiger partial charge in [0, 0.05) is 43.0 Å². The molecule has 2 aliphatic heterocycles. The molecule has 3 rings (SSSR count). The van der Waals surface area contributed by atoms with Crippen LogP contribution in [0.25, 0.3) is 0 Å². The monoisotopic (exact) mass is 270 g/mol. The van der Waals surface area contributed by atoms with E-state index in [4.69, 9.17) is 4.65 Å². The predicted molar refractivity (Wildman–Crippen MR) is 79.2 cm³/mol. The third kappa shape index (κ3) is 3.04. The molecule has 2 aliphatic rings. The van der Waals surface area contributed by atoms with E-state index in [1.165, 1.54) is 11.3 Å². The fourth-order valence-electron chi connectivity index (χ4n) is 2.95. The van der Waals surface area contributed by atoms with Crippen molar-refractivity contribution < 1.29 is 9.76 Å². The smallest absolute Gasteiger partial charge is 0.344 e. The molecule has 1 aromatic rings. The summed E-state index contributed by atoms with van der Waals surface area (Å²) in [5.74, 6) is 2.76. The van der Waals surface area contributed by atoms with Gasteiger partial charge in [0.25, 0.3) is 0 Å². The highest BCUT2D eigenvalue weighted by molar-refractivity contribution is 6.60. The first-order chi connectivity index (χ1) is 9.70. The Morgan fingerprint density at radius 3 is 3.00 bits per heavy atom. The lowest BCUT2D eigenvalue weighted by atomic mass is 9.58. The molecule has 2 atom stereocenters. The molecule has 5 heteroatoms. The predicted octanol–water partition coefficient (Wildman–Crippen LogP) is 2.19. The summed E-state index contributed by atoms with van der Waals surface area (Å²) in [5, 5.41) is 12.8. The molecule has 0 aromatic carbocycles. The molecular weight excluding hydrogens is 251 g/mol. The van der Waals surface area contributed by atoms with Crippen LogP contribution in [0, 0.1) is 0 Å². The molecule has 3 heterocycles. The highest BCUT2D eigenvalue weighted by atomic mass is 16.4. The van der Waals surface area contributed by atoms with Crippen LogP contribution in [0.1, 0.15) is 24.8 Å². The minimum Gasteiger partial charge on any atom is -0.513 e. The fraction of sp³-hybridized carbons (Fsp3) is 0.400. The zero-order valence-corrected chi connectivity index (χ0v) is 11.5. The van der Waals surface area contributed by atoms with Crippen LogP contribution in [0.3, 0.4) is 0 Å². The van der Waals surface area contributed by atoms with E-state index in [0.29, 0.717) is 12.4 Å². The fourth-order valence-corrected chi connectivity index (χ4v) is 2.95. The molecule has 0 spiro atoms. The van der Waals surface area contributed by atoms with Gasteiger partial charge >= 0.3 is 6.92 Å². The van der Waals surface area contributed by atoms with E-state index in [0.717, 1.165) is 19.3 Å². The number of hydrogen-bond donors (Lipinski definition) is 2.